The third-order valence-electron chi connectivity index (χ3n) is 3.22. The molecule has 0 spiro atoms. The highest BCUT2D eigenvalue weighted by molar-refractivity contribution is 7.17. The smallest absolute Gasteiger partial charge is 0.0346 e. The summed E-state index contributed by atoms with van der Waals surface area (Å²) in [7, 11) is 2.20. The zero-order chi connectivity index (χ0) is 13.7. The molecule has 0 saturated heterocycles. The number of nitrogens with zero attached hydrogens (tertiary/aromatic N) is 1. The summed E-state index contributed by atoms with van der Waals surface area (Å²) in [6.07, 6.45) is 0. The van der Waals surface area contributed by atoms with E-state index in [1.807, 2.05) is 11.3 Å². The molecule has 0 atom stereocenters. The van der Waals surface area contributed by atoms with Crippen molar-refractivity contribution in [1.82, 2.24) is 10.2 Å². The van der Waals surface area contributed by atoms with Gasteiger partial charge in [0.1, 0.15) is 0 Å². The molecule has 1 N–H and O–H groups in total. The van der Waals surface area contributed by atoms with Crippen LogP contribution in [0, 0.1) is 5.92 Å². The Bertz CT molecular complexity index is 504. The van der Waals surface area contributed by atoms with Gasteiger partial charge in [-0.3, -0.25) is 0 Å². The molecule has 0 aliphatic heterocycles. The molecule has 2 nitrogen and oxygen atoms in total. The quantitative estimate of drug-likeness (QED) is 0.778. The Labute approximate surface area is 120 Å². The van der Waals surface area contributed by atoms with Crippen molar-refractivity contribution in [1.29, 1.82) is 0 Å². The van der Waals surface area contributed by atoms with Gasteiger partial charge in [0.25, 0.3) is 0 Å². The minimum absolute atomic E-state index is 0.728. The first-order chi connectivity index (χ1) is 9.16. The Kier molecular flexibility index (Phi) is 5.37. The number of fused-ring (bicyclic) bond motifs is 1. The largest absolute Gasteiger partial charge is 0.315 e. The molecule has 3 heteroatoms. The van der Waals surface area contributed by atoms with Gasteiger partial charge in [-0.05, 0) is 41.9 Å². The van der Waals surface area contributed by atoms with Crippen molar-refractivity contribution in [2.24, 2.45) is 5.92 Å². The van der Waals surface area contributed by atoms with E-state index in [2.05, 4.69) is 60.8 Å². The fraction of sp³-hybridized carbons (Fsp3) is 0.500. The Morgan fingerprint density at radius 3 is 2.84 bits per heavy atom. The molecule has 1 heterocycles. The monoisotopic (exact) mass is 276 g/mol. The predicted octanol–water partition coefficient (Wildman–Crippen LogP) is 3.58. The maximum atomic E-state index is 3.49. The van der Waals surface area contributed by atoms with E-state index in [9.17, 15) is 0 Å². The van der Waals surface area contributed by atoms with Gasteiger partial charge in [-0.2, -0.15) is 0 Å². The highest BCUT2D eigenvalue weighted by atomic mass is 32.1. The highest BCUT2D eigenvalue weighted by Crippen LogP contribution is 2.26. The van der Waals surface area contributed by atoms with Gasteiger partial charge in [0.2, 0.25) is 0 Å². The molecule has 0 unspecified atom stereocenters. The first-order valence-electron chi connectivity index (χ1n) is 7.01. The van der Waals surface area contributed by atoms with Gasteiger partial charge in [-0.1, -0.05) is 32.0 Å². The molecule has 0 aliphatic rings. The zero-order valence-corrected chi connectivity index (χ0v) is 13.0. The van der Waals surface area contributed by atoms with Crippen LogP contribution in [0.5, 0.6) is 0 Å². The molecule has 0 saturated carbocycles. The lowest BCUT2D eigenvalue weighted by Crippen LogP contribution is -2.30. The van der Waals surface area contributed by atoms with Crippen LogP contribution in [0.2, 0.25) is 0 Å². The van der Waals surface area contributed by atoms with E-state index in [1.165, 1.54) is 15.6 Å². The molecule has 2 rings (SSSR count). The summed E-state index contributed by atoms with van der Waals surface area (Å²) in [5.74, 6) is 0.728. The van der Waals surface area contributed by atoms with Crippen molar-refractivity contribution in [2.45, 2.75) is 20.4 Å². The summed E-state index contributed by atoms with van der Waals surface area (Å²) >= 11 is 1.85. The van der Waals surface area contributed by atoms with E-state index in [0.29, 0.717) is 0 Å². The molecule has 0 amide bonds. The topological polar surface area (TPSA) is 15.3 Å². The van der Waals surface area contributed by atoms with Crippen molar-refractivity contribution >= 4 is 21.4 Å². The van der Waals surface area contributed by atoms with E-state index < -0.39 is 0 Å². The summed E-state index contributed by atoms with van der Waals surface area (Å²) in [6, 6.07) is 8.67. The molecule has 0 aliphatic carbocycles. The van der Waals surface area contributed by atoms with Gasteiger partial charge in [-0.15, -0.1) is 11.3 Å². The highest BCUT2D eigenvalue weighted by Gasteiger charge is 2.06. The third-order valence-corrected chi connectivity index (χ3v) is 4.24. The summed E-state index contributed by atoms with van der Waals surface area (Å²) in [4.78, 5) is 2.39. The van der Waals surface area contributed by atoms with Crippen LogP contribution in [0.25, 0.3) is 10.1 Å². The van der Waals surface area contributed by atoms with Crippen molar-refractivity contribution in [3.63, 3.8) is 0 Å². The first kappa shape index (κ1) is 14.5. The summed E-state index contributed by atoms with van der Waals surface area (Å²) in [6.45, 7) is 8.79. The Morgan fingerprint density at radius 2 is 2.05 bits per heavy atom. The number of thiophene rings is 1. The van der Waals surface area contributed by atoms with Gasteiger partial charge in [0.15, 0.2) is 0 Å². The lowest BCUT2D eigenvalue weighted by atomic mass is 10.2. The van der Waals surface area contributed by atoms with Crippen LogP contribution in [0.1, 0.15) is 19.4 Å². The number of rotatable bonds is 7. The molecule has 1 aromatic carbocycles. The van der Waals surface area contributed by atoms with Crippen molar-refractivity contribution in [3.05, 3.63) is 35.2 Å². The first-order valence-corrected chi connectivity index (χ1v) is 7.89. The Balaban J connectivity index is 1.83. The van der Waals surface area contributed by atoms with E-state index in [-0.39, 0.29) is 0 Å². The standard InChI is InChI=1S/C16H24N2S/c1-13(2)10-17-8-9-18(3)11-14-12-19-16-7-5-4-6-15(14)16/h4-7,12-13,17H,8-11H2,1-3H3. The van der Waals surface area contributed by atoms with Crippen molar-refractivity contribution in [3.8, 4) is 0 Å². The molecule has 104 valence electrons. The Morgan fingerprint density at radius 1 is 1.26 bits per heavy atom. The summed E-state index contributed by atoms with van der Waals surface area (Å²) in [5, 5.41) is 7.20. The lowest BCUT2D eigenvalue weighted by Gasteiger charge is -2.17. The molecule has 0 radical (unpaired) electrons. The van der Waals surface area contributed by atoms with E-state index in [1.54, 1.807) is 0 Å². The van der Waals surface area contributed by atoms with Crippen LogP contribution in [0.3, 0.4) is 0 Å². The number of nitrogens with one attached hydrogen (secondary N) is 1. The Hall–Kier alpha value is -0.900. The fourth-order valence-corrected chi connectivity index (χ4v) is 3.14. The summed E-state index contributed by atoms with van der Waals surface area (Å²) < 4.78 is 1.39. The molecule has 1 aromatic heterocycles. The average Bonchev–Trinajstić information content (AvgIpc) is 2.78. The molecule has 0 fully saturated rings. The molecule has 2 aromatic rings. The van der Waals surface area contributed by atoms with Crippen LogP contribution in [0.15, 0.2) is 29.6 Å². The molecule has 19 heavy (non-hydrogen) atoms. The number of hydrogen-bond donors (Lipinski definition) is 1. The second-order valence-electron chi connectivity index (χ2n) is 5.59. The minimum Gasteiger partial charge on any atom is -0.315 e. The zero-order valence-electron chi connectivity index (χ0n) is 12.1. The minimum atomic E-state index is 0.728. The molecular weight excluding hydrogens is 252 g/mol. The normalized spacial score (nSPS) is 11.8. The van der Waals surface area contributed by atoms with Gasteiger partial charge in [0, 0.05) is 24.3 Å². The summed E-state index contributed by atoms with van der Waals surface area (Å²) in [5.41, 5.74) is 1.45. The van der Waals surface area contributed by atoms with E-state index in [4.69, 9.17) is 0 Å². The SMILES string of the molecule is CC(C)CNCCN(C)Cc1csc2ccccc12. The van der Waals surface area contributed by atoms with Crippen molar-refractivity contribution in [2.75, 3.05) is 26.7 Å². The van der Waals surface area contributed by atoms with Crippen molar-refractivity contribution < 1.29 is 0 Å². The van der Waals surface area contributed by atoms with Gasteiger partial charge >= 0.3 is 0 Å². The van der Waals surface area contributed by atoms with Crippen LogP contribution >= 0.6 is 11.3 Å². The van der Waals surface area contributed by atoms with Gasteiger partial charge in [-0.25, -0.2) is 0 Å². The maximum absolute atomic E-state index is 3.49. The van der Waals surface area contributed by atoms with Crippen LogP contribution in [0.4, 0.5) is 0 Å². The second-order valence-corrected chi connectivity index (χ2v) is 6.50. The van der Waals surface area contributed by atoms with Gasteiger partial charge in [0.05, 0.1) is 0 Å². The molecule has 0 bridgehead atoms. The average molecular weight is 276 g/mol. The third kappa shape index (κ3) is 4.30. The van der Waals surface area contributed by atoms with E-state index >= 15 is 0 Å². The number of benzene rings is 1. The van der Waals surface area contributed by atoms with Gasteiger partial charge < -0.3 is 10.2 Å². The predicted molar refractivity (Wildman–Crippen MR) is 85.9 cm³/mol. The van der Waals surface area contributed by atoms with Crippen LogP contribution < -0.4 is 5.32 Å². The second kappa shape index (κ2) is 7.04. The van der Waals surface area contributed by atoms with Crippen LogP contribution in [-0.4, -0.2) is 31.6 Å². The fourth-order valence-electron chi connectivity index (χ4n) is 2.19. The molecular formula is C16H24N2S. The number of likely N-dealkylation sites (N-methyl/N-ethyl adjacent to an activating group) is 1. The maximum Gasteiger partial charge on any atom is 0.0346 e. The van der Waals surface area contributed by atoms with E-state index in [0.717, 1.165) is 32.1 Å². The lowest BCUT2D eigenvalue weighted by molar-refractivity contribution is 0.323. The van der Waals surface area contributed by atoms with Crippen LogP contribution in [-0.2, 0) is 6.54 Å². The number of hydrogen-bond acceptors (Lipinski definition) is 3.